The maximum absolute atomic E-state index is 14.5. The van der Waals surface area contributed by atoms with Gasteiger partial charge in [-0.3, -0.25) is 0 Å². The molecule has 0 bridgehead atoms. The van der Waals surface area contributed by atoms with Gasteiger partial charge in [-0.25, -0.2) is 9.37 Å². The molecule has 5 heteroatoms. The lowest BCUT2D eigenvalue weighted by Crippen LogP contribution is -2.45. The van der Waals surface area contributed by atoms with Gasteiger partial charge in [-0.1, -0.05) is 0 Å². The molecule has 2 heterocycles. The van der Waals surface area contributed by atoms with E-state index in [0.717, 1.165) is 19.0 Å². The highest BCUT2D eigenvalue weighted by Crippen LogP contribution is 2.23. The first kappa shape index (κ1) is 12.5. The Morgan fingerprint density at radius 3 is 3.12 bits per heavy atom. The lowest BCUT2D eigenvalue weighted by Gasteiger charge is -2.29. The molecule has 0 amide bonds. The van der Waals surface area contributed by atoms with Crippen LogP contribution in [0.25, 0.3) is 0 Å². The molecular formula is C12H20FN3O. The molecule has 0 aromatic carbocycles. The maximum atomic E-state index is 14.5. The van der Waals surface area contributed by atoms with Crippen LogP contribution in [0.2, 0.25) is 0 Å². The van der Waals surface area contributed by atoms with Crippen LogP contribution in [-0.2, 0) is 18.2 Å². The summed E-state index contributed by atoms with van der Waals surface area (Å²) in [6.45, 7) is 3.76. The number of alkyl halides is 1. The van der Waals surface area contributed by atoms with E-state index < -0.39 is 5.67 Å². The summed E-state index contributed by atoms with van der Waals surface area (Å²) in [6.07, 6.45) is 4.34. The van der Waals surface area contributed by atoms with E-state index in [9.17, 15) is 4.39 Å². The molecule has 1 aliphatic rings. The van der Waals surface area contributed by atoms with Crippen LogP contribution in [0.1, 0.15) is 19.2 Å². The molecule has 1 aromatic rings. The van der Waals surface area contributed by atoms with Crippen molar-refractivity contribution < 1.29 is 9.13 Å². The van der Waals surface area contributed by atoms with Crippen LogP contribution in [0.15, 0.2) is 12.4 Å². The topological polar surface area (TPSA) is 39.1 Å². The van der Waals surface area contributed by atoms with Gasteiger partial charge in [0.15, 0.2) is 0 Å². The fourth-order valence-electron chi connectivity index (χ4n) is 2.23. The fourth-order valence-corrected chi connectivity index (χ4v) is 2.23. The molecule has 2 rings (SSSR count). The summed E-state index contributed by atoms with van der Waals surface area (Å²) < 4.78 is 21.7. The van der Waals surface area contributed by atoms with Gasteiger partial charge in [-0.05, 0) is 13.3 Å². The van der Waals surface area contributed by atoms with Gasteiger partial charge >= 0.3 is 0 Å². The van der Waals surface area contributed by atoms with E-state index in [-0.39, 0.29) is 6.04 Å². The van der Waals surface area contributed by atoms with Gasteiger partial charge in [0.25, 0.3) is 0 Å². The third-order valence-corrected chi connectivity index (χ3v) is 3.12. The Hall–Kier alpha value is -0.940. The SMILES string of the molecule is Cn1ccnc1CC(C)(F)CC1COCCN1. The Morgan fingerprint density at radius 1 is 1.71 bits per heavy atom. The van der Waals surface area contributed by atoms with Gasteiger partial charge in [-0.15, -0.1) is 0 Å². The smallest absolute Gasteiger partial charge is 0.116 e. The number of halogens is 1. The van der Waals surface area contributed by atoms with Crippen LogP contribution in [-0.4, -0.2) is 41.0 Å². The molecule has 96 valence electrons. The van der Waals surface area contributed by atoms with Crippen LogP contribution >= 0.6 is 0 Å². The van der Waals surface area contributed by atoms with Gasteiger partial charge in [-0.2, -0.15) is 0 Å². The van der Waals surface area contributed by atoms with Crippen molar-refractivity contribution in [1.82, 2.24) is 14.9 Å². The third kappa shape index (κ3) is 3.51. The number of aromatic nitrogens is 2. The largest absolute Gasteiger partial charge is 0.379 e. The molecule has 1 aliphatic heterocycles. The second kappa shape index (κ2) is 5.14. The van der Waals surface area contributed by atoms with E-state index in [0.29, 0.717) is 19.4 Å². The normalized spacial score (nSPS) is 24.5. The number of nitrogens with zero attached hydrogens (tertiary/aromatic N) is 2. The second-order valence-electron chi connectivity index (χ2n) is 4.97. The first-order chi connectivity index (χ1) is 8.07. The van der Waals surface area contributed by atoms with Crippen molar-refractivity contribution in [2.45, 2.75) is 31.5 Å². The monoisotopic (exact) mass is 241 g/mol. The molecule has 2 atom stereocenters. The minimum atomic E-state index is -1.25. The summed E-state index contributed by atoms with van der Waals surface area (Å²) in [6, 6.07) is 0.110. The van der Waals surface area contributed by atoms with Crippen LogP contribution in [0.4, 0.5) is 4.39 Å². The lowest BCUT2D eigenvalue weighted by molar-refractivity contribution is 0.0477. The first-order valence-electron chi connectivity index (χ1n) is 6.03. The molecule has 1 aromatic heterocycles. The molecule has 4 nitrogen and oxygen atoms in total. The molecule has 0 aliphatic carbocycles. The molecular weight excluding hydrogens is 221 g/mol. The lowest BCUT2D eigenvalue weighted by atomic mass is 9.94. The zero-order valence-corrected chi connectivity index (χ0v) is 10.4. The predicted molar refractivity (Wildman–Crippen MR) is 63.7 cm³/mol. The standard InChI is InChI=1S/C12H20FN3O/c1-12(13,7-10-9-17-6-4-14-10)8-11-15-3-5-16(11)2/h3,5,10,14H,4,6-9H2,1-2H3. The van der Waals surface area contributed by atoms with E-state index in [4.69, 9.17) is 4.74 Å². The zero-order chi connectivity index (χ0) is 12.3. The third-order valence-electron chi connectivity index (χ3n) is 3.12. The Balaban J connectivity index is 1.91. The minimum Gasteiger partial charge on any atom is -0.379 e. The zero-order valence-electron chi connectivity index (χ0n) is 10.4. The number of aryl methyl sites for hydroxylation is 1. The number of rotatable bonds is 4. The van der Waals surface area contributed by atoms with E-state index in [1.165, 1.54) is 0 Å². The van der Waals surface area contributed by atoms with Crippen LogP contribution in [0.3, 0.4) is 0 Å². The molecule has 0 saturated carbocycles. The van der Waals surface area contributed by atoms with Crippen LogP contribution in [0, 0.1) is 0 Å². The average molecular weight is 241 g/mol. The van der Waals surface area contributed by atoms with Crippen molar-refractivity contribution in [2.75, 3.05) is 19.8 Å². The number of hydrogen-bond acceptors (Lipinski definition) is 3. The Bertz CT molecular complexity index is 358. The second-order valence-corrected chi connectivity index (χ2v) is 4.97. The Morgan fingerprint density at radius 2 is 2.53 bits per heavy atom. The van der Waals surface area contributed by atoms with Crippen molar-refractivity contribution >= 4 is 0 Å². The average Bonchev–Trinajstić information content (AvgIpc) is 2.64. The highest BCUT2D eigenvalue weighted by Gasteiger charge is 2.30. The first-order valence-corrected chi connectivity index (χ1v) is 6.03. The van der Waals surface area contributed by atoms with E-state index in [1.54, 1.807) is 13.1 Å². The number of morpholine rings is 1. The van der Waals surface area contributed by atoms with E-state index in [2.05, 4.69) is 10.3 Å². The van der Waals surface area contributed by atoms with Gasteiger partial charge in [0.05, 0.1) is 13.2 Å². The summed E-state index contributed by atoms with van der Waals surface area (Å²) in [5.41, 5.74) is -1.25. The van der Waals surface area contributed by atoms with Gasteiger partial charge in [0.1, 0.15) is 11.5 Å². The van der Waals surface area contributed by atoms with Crippen LogP contribution in [0.5, 0.6) is 0 Å². The van der Waals surface area contributed by atoms with Crippen molar-refractivity contribution in [3.63, 3.8) is 0 Å². The summed E-state index contributed by atoms with van der Waals surface area (Å²) in [7, 11) is 1.89. The van der Waals surface area contributed by atoms with Crippen molar-refractivity contribution in [3.8, 4) is 0 Å². The minimum absolute atomic E-state index is 0.110. The summed E-state index contributed by atoms with van der Waals surface area (Å²) >= 11 is 0. The van der Waals surface area contributed by atoms with Gasteiger partial charge < -0.3 is 14.6 Å². The molecule has 0 spiro atoms. The number of hydrogen-bond donors (Lipinski definition) is 1. The predicted octanol–water partition coefficient (Wildman–Crippen LogP) is 1.07. The molecule has 1 N–H and O–H groups in total. The van der Waals surface area contributed by atoms with E-state index in [1.807, 2.05) is 17.8 Å². The summed E-state index contributed by atoms with van der Waals surface area (Å²) in [5, 5.41) is 3.28. The quantitative estimate of drug-likeness (QED) is 0.857. The Kier molecular flexibility index (Phi) is 3.79. The summed E-state index contributed by atoms with van der Waals surface area (Å²) in [5.74, 6) is 0.784. The number of ether oxygens (including phenoxy) is 1. The van der Waals surface area contributed by atoms with Gasteiger partial charge in [0.2, 0.25) is 0 Å². The molecule has 1 fully saturated rings. The van der Waals surface area contributed by atoms with Crippen LogP contribution < -0.4 is 5.32 Å². The molecule has 17 heavy (non-hydrogen) atoms. The Labute approximate surface area is 101 Å². The highest BCUT2D eigenvalue weighted by atomic mass is 19.1. The number of imidazole rings is 1. The molecule has 1 saturated heterocycles. The number of nitrogens with one attached hydrogen (secondary N) is 1. The van der Waals surface area contributed by atoms with Crippen molar-refractivity contribution in [2.24, 2.45) is 7.05 Å². The maximum Gasteiger partial charge on any atom is 0.116 e. The highest BCUT2D eigenvalue weighted by molar-refractivity contribution is 4.98. The van der Waals surface area contributed by atoms with E-state index >= 15 is 0 Å². The molecule has 2 unspecified atom stereocenters. The van der Waals surface area contributed by atoms with Gasteiger partial charge in [0, 0.05) is 38.4 Å². The summed E-state index contributed by atoms with van der Waals surface area (Å²) in [4.78, 5) is 4.17. The fraction of sp³-hybridized carbons (Fsp3) is 0.750. The molecule has 0 radical (unpaired) electrons. The van der Waals surface area contributed by atoms with Crippen molar-refractivity contribution in [1.29, 1.82) is 0 Å². The van der Waals surface area contributed by atoms with Crippen molar-refractivity contribution in [3.05, 3.63) is 18.2 Å².